The van der Waals surface area contributed by atoms with Crippen LogP contribution >= 0.6 is 0 Å². The fourth-order valence-corrected chi connectivity index (χ4v) is 2.11. The van der Waals surface area contributed by atoms with E-state index < -0.39 is 23.7 Å². The molecule has 0 bridgehead atoms. The molecule has 0 amide bonds. The van der Waals surface area contributed by atoms with E-state index in [2.05, 4.69) is 0 Å². The molecule has 0 saturated carbocycles. The summed E-state index contributed by atoms with van der Waals surface area (Å²) in [5, 5.41) is 20.8. The van der Waals surface area contributed by atoms with Gasteiger partial charge in [0.15, 0.2) is 23.7 Å². The number of aliphatic hydroxyl groups excluding tert-OH is 1. The first kappa shape index (κ1) is 19.4. The Labute approximate surface area is 156 Å². The van der Waals surface area contributed by atoms with Gasteiger partial charge in [0.25, 0.3) is 0 Å². The average Bonchev–Trinajstić information content (AvgIpc) is 2.53. The van der Waals surface area contributed by atoms with Crippen molar-refractivity contribution in [2.75, 3.05) is 13.7 Å². The molecule has 6 nitrogen and oxygen atoms in total. The molecular formula is C16H18NNaO5. The Kier molecular flexibility index (Phi) is 8.05. The number of nitro groups is 1. The molecule has 2 aromatic carbocycles. The van der Waals surface area contributed by atoms with E-state index >= 15 is 0 Å². The molecule has 0 heterocycles. The summed E-state index contributed by atoms with van der Waals surface area (Å²) in [6, 6.07) is 15.9. The number of methoxy groups -OCH3 is 1. The van der Waals surface area contributed by atoms with Crippen LogP contribution in [0.4, 0.5) is 0 Å². The van der Waals surface area contributed by atoms with Gasteiger partial charge in [0, 0.05) is 4.92 Å². The fraction of sp³-hybridized carbons (Fsp3) is 0.250. The van der Waals surface area contributed by atoms with Crippen molar-refractivity contribution in [3.8, 4) is 11.5 Å². The van der Waals surface area contributed by atoms with Crippen molar-refractivity contribution < 1.29 is 19.5 Å². The molecule has 0 spiro atoms. The van der Waals surface area contributed by atoms with E-state index in [1.807, 2.05) is 6.07 Å². The Hall–Kier alpha value is -1.60. The third kappa shape index (κ3) is 5.51. The molecule has 0 aliphatic carbocycles. The Morgan fingerprint density at radius 3 is 2.22 bits per heavy atom. The van der Waals surface area contributed by atoms with Crippen molar-refractivity contribution in [2.45, 2.75) is 12.2 Å². The Morgan fingerprint density at radius 1 is 1.09 bits per heavy atom. The first-order valence-electron chi connectivity index (χ1n) is 6.76. The van der Waals surface area contributed by atoms with Crippen molar-refractivity contribution in [3.05, 3.63) is 70.3 Å². The standard InChI is InChI=1S/C16H17NO5.Na.H/c1-21-14-9-5-6-10-15(14)22-16(13(18)11-17(19)20)12-7-3-2-4-8-12;;/h2-10,13,16,18H,11H2,1H3;;. The van der Waals surface area contributed by atoms with E-state index in [0.717, 1.165) is 0 Å². The summed E-state index contributed by atoms with van der Waals surface area (Å²) in [6.07, 6.45) is -2.13. The van der Waals surface area contributed by atoms with Gasteiger partial charge in [-0.3, -0.25) is 10.1 Å². The summed E-state index contributed by atoms with van der Waals surface area (Å²) in [7, 11) is 1.51. The summed E-state index contributed by atoms with van der Waals surface area (Å²) in [5.74, 6) is 0.915. The third-order valence-corrected chi connectivity index (χ3v) is 3.14. The van der Waals surface area contributed by atoms with Gasteiger partial charge >= 0.3 is 29.6 Å². The predicted octanol–water partition coefficient (Wildman–Crippen LogP) is 1.80. The molecule has 0 aliphatic rings. The van der Waals surface area contributed by atoms with Gasteiger partial charge < -0.3 is 14.6 Å². The first-order chi connectivity index (χ1) is 10.6. The van der Waals surface area contributed by atoms with Crippen LogP contribution in [0.1, 0.15) is 11.7 Å². The minimum absolute atomic E-state index is 0. The van der Waals surface area contributed by atoms with Gasteiger partial charge in [-0.2, -0.15) is 0 Å². The van der Waals surface area contributed by atoms with Gasteiger partial charge in [0.05, 0.1) is 7.11 Å². The first-order valence-corrected chi connectivity index (χ1v) is 6.76. The van der Waals surface area contributed by atoms with Crippen molar-refractivity contribution in [3.63, 3.8) is 0 Å². The number of ether oxygens (including phenoxy) is 2. The van der Waals surface area contributed by atoms with Crippen LogP contribution in [0.15, 0.2) is 54.6 Å². The SMILES string of the molecule is COc1ccccc1OC(c1ccccc1)C(O)C[N+](=O)[O-].[NaH]. The monoisotopic (exact) mass is 327 g/mol. The number of nitrogens with zero attached hydrogens (tertiary/aromatic N) is 1. The number of hydrogen-bond donors (Lipinski definition) is 1. The number of hydrogen-bond acceptors (Lipinski definition) is 5. The number of aliphatic hydroxyl groups is 1. The van der Waals surface area contributed by atoms with Gasteiger partial charge in [-0.1, -0.05) is 42.5 Å². The number of para-hydroxylation sites is 2. The van der Waals surface area contributed by atoms with Crippen molar-refractivity contribution in [2.24, 2.45) is 0 Å². The molecule has 2 unspecified atom stereocenters. The average molecular weight is 327 g/mol. The molecule has 0 aliphatic heterocycles. The molecule has 2 atom stereocenters. The second-order valence-corrected chi connectivity index (χ2v) is 4.68. The zero-order chi connectivity index (χ0) is 15.9. The molecule has 2 rings (SSSR count). The minimum atomic E-state index is -1.28. The second-order valence-electron chi connectivity index (χ2n) is 4.68. The molecule has 118 valence electrons. The predicted molar refractivity (Wildman–Crippen MR) is 87.8 cm³/mol. The van der Waals surface area contributed by atoms with E-state index in [0.29, 0.717) is 17.1 Å². The van der Waals surface area contributed by atoms with Crippen LogP contribution in [0.5, 0.6) is 11.5 Å². The molecule has 0 aromatic heterocycles. The Bertz CT molecular complexity index is 623. The summed E-state index contributed by atoms with van der Waals surface area (Å²) in [6.45, 7) is -0.602. The molecule has 0 radical (unpaired) electrons. The topological polar surface area (TPSA) is 81.8 Å². The maximum atomic E-state index is 10.7. The van der Waals surface area contributed by atoms with Crippen molar-refractivity contribution in [1.82, 2.24) is 0 Å². The molecule has 1 N–H and O–H groups in total. The fourth-order valence-electron chi connectivity index (χ4n) is 2.11. The van der Waals surface area contributed by atoms with Gasteiger partial charge in [0.2, 0.25) is 6.54 Å². The van der Waals surface area contributed by atoms with Gasteiger partial charge in [-0.15, -0.1) is 0 Å². The van der Waals surface area contributed by atoms with E-state index in [-0.39, 0.29) is 29.6 Å². The van der Waals surface area contributed by atoms with Gasteiger partial charge in [0.1, 0.15) is 0 Å². The van der Waals surface area contributed by atoms with E-state index in [9.17, 15) is 15.2 Å². The molecule has 2 aromatic rings. The zero-order valence-corrected chi connectivity index (χ0v) is 12.1. The quantitative estimate of drug-likeness (QED) is 0.476. The van der Waals surface area contributed by atoms with Crippen LogP contribution in [0.25, 0.3) is 0 Å². The maximum absolute atomic E-state index is 10.7. The van der Waals surface area contributed by atoms with Gasteiger partial charge in [-0.05, 0) is 17.7 Å². The molecule has 0 fully saturated rings. The molecule has 0 saturated heterocycles. The molecule has 7 heteroatoms. The van der Waals surface area contributed by atoms with Crippen LogP contribution < -0.4 is 9.47 Å². The normalized spacial score (nSPS) is 12.6. The Morgan fingerprint density at radius 2 is 1.65 bits per heavy atom. The van der Waals surface area contributed by atoms with Crippen LogP contribution in [0.3, 0.4) is 0 Å². The zero-order valence-electron chi connectivity index (χ0n) is 12.1. The Balaban J connectivity index is 0.00000264. The summed E-state index contributed by atoms with van der Waals surface area (Å²) in [5.41, 5.74) is 0.655. The second kappa shape index (κ2) is 9.52. The van der Waals surface area contributed by atoms with Crippen LogP contribution in [-0.2, 0) is 0 Å². The summed E-state index contributed by atoms with van der Waals surface area (Å²) in [4.78, 5) is 10.1. The van der Waals surface area contributed by atoms with E-state index in [1.165, 1.54) is 7.11 Å². The molecular weight excluding hydrogens is 309 g/mol. The van der Waals surface area contributed by atoms with Crippen molar-refractivity contribution >= 4 is 29.6 Å². The summed E-state index contributed by atoms with van der Waals surface area (Å²) >= 11 is 0. The number of rotatable bonds is 7. The van der Waals surface area contributed by atoms with E-state index in [1.54, 1.807) is 48.5 Å². The third-order valence-electron chi connectivity index (χ3n) is 3.14. The van der Waals surface area contributed by atoms with Crippen LogP contribution in [0.2, 0.25) is 0 Å². The van der Waals surface area contributed by atoms with Gasteiger partial charge in [-0.25, -0.2) is 0 Å². The molecule has 23 heavy (non-hydrogen) atoms. The van der Waals surface area contributed by atoms with E-state index in [4.69, 9.17) is 9.47 Å². The number of benzene rings is 2. The van der Waals surface area contributed by atoms with Crippen molar-refractivity contribution in [1.29, 1.82) is 0 Å². The van der Waals surface area contributed by atoms with Crippen LogP contribution in [0, 0.1) is 10.1 Å². The summed E-state index contributed by atoms with van der Waals surface area (Å²) < 4.78 is 11.0. The van der Waals surface area contributed by atoms with Crippen LogP contribution in [-0.4, -0.2) is 59.3 Å².